The van der Waals surface area contributed by atoms with Gasteiger partial charge < -0.3 is 14.7 Å². The van der Waals surface area contributed by atoms with Crippen molar-refractivity contribution in [3.63, 3.8) is 0 Å². The summed E-state index contributed by atoms with van der Waals surface area (Å²) in [5.41, 5.74) is 2.85. The predicted molar refractivity (Wildman–Crippen MR) is 76.2 cm³/mol. The van der Waals surface area contributed by atoms with E-state index in [4.69, 9.17) is 4.74 Å². The first-order valence-corrected chi connectivity index (χ1v) is 7.60. The molecule has 0 saturated carbocycles. The molecule has 1 N–H and O–H groups in total. The molecule has 0 amide bonds. The summed E-state index contributed by atoms with van der Waals surface area (Å²) in [5, 5.41) is 10.2. The molecular formula is C17H19NO2. The average Bonchev–Trinajstić information content (AvgIpc) is 2.79. The van der Waals surface area contributed by atoms with Crippen LogP contribution >= 0.6 is 0 Å². The van der Waals surface area contributed by atoms with Crippen LogP contribution in [0.25, 0.3) is 0 Å². The first-order valence-electron chi connectivity index (χ1n) is 7.60. The van der Waals surface area contributed by atoms with E-state index in [0.717, 1.165) is 31.6 Å². The highest BCUT2D eigenvalue weighted by atomic mass is 16.5. The number of benzene rings is 1. The van der Waals surface area contributed by atoms with Gasteiger partial charge in [0.1, 0.15) is 6.10 Å². The lowest BCUT2D eigenvalue weighted by Gasteiger charge is -2.55. The van der Waals surface area contributed by atoms with E-state index in [1.54, 1.807) is 0 Å². The second-order valence-corrected chi connectivity index (χ2v) is 6.79. The van der Waals surface area contributed by atoms with E-state index < -0.39 is 0 Å². The van der Waals surface area contributed by atoms with Gasteiger partial charge in [-0.15, -0.1) is 0 Å². The summed E-state index contributed by atoms with van der Waals surface area (Å²) in [6, 6.07) is 4.50. The first kappa shape index (κ1) is 11.2. The van der Waals surface area contributed by atoms with E-state index in [0.29, 0.717) is 17.7 Å². The Kier molecular flexibility index (Phi) is 1.90. The van der Waals surface area contributed by atoms with Gasteiger partial charge in [0.2, 0.25) is 0 Å². The predicted octanol–water partition coefficient (Wildman–Crippen LogP) is 2.23. The molecule has 1 aromatic carbocycles. The number of hydrogen-bond acceptors (Lipinski definition) is 3. The third kappa shape index (κ3) is 1.05. The summed E-state index contributed by atoms with van der Waals surface area (Å²) < 4.78 is 6.22. The summed E-state index contributed by atoms with van der Waals surface area (Å²) in [6.07, 6.45) is 8.11. The quantitative estimate of drug-likeness (QED) is 0.733. The molecule has 3 heteroatoms. The minimum atomic E-state index is 0.119. The lowest BCUT2D eigenvalue weighted by molar-refractivity contribution is 0.00197. The lowest BCUT2D eigenvalue weighted by atomic mass is 9.54. The van der Waals surface area contributed by atoms with Crippen LogP contribution in [-0.4, -0.2) is 35.7 Å². The monoisotopic (exact) mass is 269 g/mol. The van der Waals surface area contributed by atoms with Crippen LogP contribution in [0.4, 0.5) is 0 Å². The SMILES string of the molecule is CN1CC[C@]23c4c5ccc(O)c4O[C@H]2CC=CC3[C@H]1C5. The van der Waals surface area contributed by atoms with Gasteiger partial charge in [0.05, 0.1) is 0 Å². The summed E-state index contributed by atoms with van der Waals surface area (Å²) in [4.78, 5) is 2.51. The lowest BCUT2D eigenvalue weighted by Crippen LogP contribution is -2.62. The van der Waals surface area contributed by atoms with Crippen molar-refractivity contribution < 1.29 is 9.84 Å². The van der Waals surface area contributed by atoms with Crippen molar-refractivity contribution in [1.82, 2.24) is 4.90 Å². The van der Waals surface area contributed by atoms with Crippen LogP contribution in [0.3, 0.4) is 0 Å². The molecule has 1 spiro atoms. The normalized spacial score (nSPS) is 40.4. The highest BCUT2D eigenvalue weighted by molar-refractivity contribution is 5.61. The summed E-state index contributed by atoms with van der Waals surface area (Å²) in [5.74, 6) is 1.64. The minimum Gasteiger partial charge on any atom is -0.504 e. The molecule has 1 saturated heterocycles. The van der Waals surface area contributed by atoms with E-state index in [9.17, 15) is 5.11 Å². The van der Waals surface area contributed by atoms with Crippen LogP contribution in [-0.2, 0) is 11.8 Å². The van der Waals surface area contributed by atoms with Gasteiger partial charge in [-0.1, -0.05) is 18.2 Å². The molecule has 0 radical (unpaired) electrons. The van der Waals surface area contributed by atoms with Crippen LogP contribution in [0.2, 0.25) is 0 Å². The summed E-state index contributed by atoms with van der Waals surface area (Å²) in [6.45, 7) is 1.13. The van der Waals surface area contributed by atoms with E-state index in [-0.39, 0.29) is 11.5 Å². The molecule has 5 rings (SSSR count). The topological polar surface area (TPSA) is 32.7 Å². The molecular weight excluding hydrogens is 250 g/mol. The zero-order chi connectivity index (χ0) is 13.5. The summed E-state index contributed by atoms with van der Waals surface area (Å²) >= 11 is 0. The largest absolute Gasteiger partial charge is 0.504 e. The molecule has 3 nitrogen and oxygen atoms in total. The maximum atomic E-state index is 10.2. The van der Waals surface area contributed by atoms with Crippen molar-refractivity contribution in [3.05, 3.63) is 35.4 Å². The smallest absolute Gasteiger partial charge is 0.165 e. The number of piperidine rings is 1. The van der Waals surface area contributed by atoms with Gasteiger partial charge in [0.15, 0.2) is 11.5 Å². The highest BCUT2D eigenvalue weighted by Crippen LogP contribution is 2.62. The van der Waals surface area contributed by atoms with Gasteiger partial charge in [-0.3, -0.25) is 0 Å². The molecule has 2 heterocycles. The molecule has 2 aliphatic carbocycles. The molecule has 4 atom stereocenters. The van der Waals surface area contributed by atoms with Gasteiger partial charge in [0, 0.05) is 29.4 Å². The molecule has 1 unspecified atom stereocenters. The Morgan fingerprint density at radius 2 is 2.30 bits per heavy atom. The van der Waals surface area contributed by atoms with Crippen LogP contribution in [0.1, 0.15) is 24.0 Å². The van der Waals surface area contributed by atoms with Crippen molar-refractivity contribution in [2.75, 3.05) is 13.6 Å². The van der Waals surface area contributed by atoms with Crippen molar-refractivity contribution in [2.24, 2.45) is 5.92 Å². The van der Waals surface area contributed by atoms with Crippen molar-refractivity contribution in [1.29, 1.82) is 0 Å². The number of phenolic OH excluding ortho intramolecular Hbond substituents is 1. The van der Waals surface area contributed by atoms with E-state index in [1.165, 1.54) is 11.1 Å². The number of ether oxygens (including phenoxy) is 1. The maximum absolute atomic E-state index is 10.2. The first-order chi connectivity index (χ1) is 9.72. The number of hydrogen-bond donors (Lipinski definition) is 1. The van der Waals surface area contributed by atoms with Gasteiger partial charge in [-0.2, -0.15) is 0 Å². The summed E-state index contributed by atoms with van der Waals surface area (Å²) in [7, 11) is 2.25. The zero-order valence-electron chi connectivity index (χ0n) is 11.7. The molecule has 1 fully saturated rings. The second-order valence-electron chi connectivity index (χ2n) is 6.79. The van der Waals surface area contributed by atoms with Crippen LogP contribution < -0.4 is 4.74 Å². The fourth-order valence-corrected chi connectivity index (χ4v) is 5.21. The zero-order valence-corrected chi connectivity index (χ0v) is 11.7. The number of nitrogens with zero attached hydrogens (tertiary/aromatic N) is 1. The van der Waals surface area contributed by atoms with Crippen LogP contribution in [0.5, 0.6) is 11.5 Å². The van der Waals surface area contributed by atoms with Crippen LogP contribution in [0.15, 0.2) is 24.3 Å². The fourth-order valence-electron chi connectivity index (χ4n) is 5.21. The van der Waals surface area contributed by atoms with Crippen molar-refractivity contribution in [2.45, 2.75) is 36.8 Å². The van der Waals surface area contributed by atoms with Gasteiger partial charge >= 0.3 is 0 Å². The van der Waals surface area contributed by atoms with Crippen molar-refractivity contribution >= 4 is 0 Å². The number of aromatic hydroxyl groups is 1. The molecule has 2 bridgehead atoms. The standard InChI is InChI=1S/C17H19NO2/c1-18-8-7-17-11-3-2-4-14(17)20-16-13(19)6-5-10(15(16)17)9-12(11)18/h2-3,5-6,11-12,14,19H,4,7-9H2,1H3/t11?,12-,14+,17-/m1/s1. The molecule has 104 valence electrons. The minimum absolute atomic E-state index is 0.119. The highest BCUT2D eigenvalue weighted by Gasteiger charge is 2.61. The van der Waals surface area contributed by atoms with E-state index in [2.05, 4.69) is 30.2 Å². The molecule has 2 aliphatic heterocycles. The maximum Gasteiger partial charge on any atom is 0.165 e. The Morgan fingerprint density at radius 3 is 3.20 bits per heavy atom. The Bertz CT molecular complexity index is 638. The number of likely N-dealkylation sites (N-methyl/N-ethyl adjacent to an activating group) is 1. The Hall–Kier alpha value is -1.48. The van der Waals surface area contributed by atoms with Crippen LogP contribution in [0, 0.1) is 5.92 Å². The van der Waals surface area contributed by atoms with E-state index in [1.807, 2.05) is 6.07 Å². The fraction of sp³-hybridized carbons (Fsp3) is 0.529. The number of phenols is 1. The molecule has 4 aliphatic rings. The average molecular weight is 269 g/mol. The van der Waals surface area contributed by atoms with E-state index >= 15 is 0 Å². The molecule has 20 heavy (non-hydrogen) atoms. The number of rotatable bonds is 0. The third-order valence-electron chi connectivity index (χ3n) is 6.10. The van der Waals surface area contributed by atoms with Gasteiger partial charge in [0.25, 0.3) is 0 Å². The number of likely N-dealkylation sites (tertiary alicyclic amines) is 1. The van der Waals surface area contributed by atoms with Gasteiger partial charge in [-0.25, -0.2) is 0 Å². The molecule has 1 aromatic rings. The van der Waals surface area contributed by atoms with Gasteiger partial charge in [-0.05, 0) is 38.1 Å². The second kappa shape index (κ2) is 3.40. The Balaban J connectivity index is 1.84. The van der Waals surface area contributed by atoms with Crippen molar-refractivity contribution in [3.8, 4) is 11.5 Å². The molecule has 0 aromatic heterocycles. The Morgan fingerprint density at radius 1 is 1.40 bits per heavy atom. The third-order valence-corrected chi connectivity index (χ3v) is 6.10. The Labute approximate surface area is 118 Å².